The van der Waals surface area contributed by atoms with Gasteiger partial charge >= 0.3 is 0 Å². The molecule has 2 aromatic rings. The quantitative estimate of drug-likeness (QED) is 0.825. The molecule has 4 heterocycles. The highest BCUT2D eigenvalue weighted by Crippen LogP contribution is 2.25. The van der Waals surface area contributed by atoms with E-state index < -0.39 is 0 Å². The molecular weight excluding hydrogens is 332 g/mol. The van der Waals surface area contributed by atoms with Crippen molar-refractivity contribution in [2.45, 2.75) is 44.7 Å². The Morgan fingerprint density at radius 2 is 2.12 bits per heavy atom. The predicted molar refractivity (Wildman–Crippen MR) is 99.6 cm³/mol. The molecule has 2 aliphatic heterocycles. The van der Waals surface area contributed by atoms with E-state index in [1.165, 1.54) is 32.4 Å². The molecule has 1 fully saturated rings. The Morgan fingerprint density at radius 1 is 1.24 bits per heavy atom. The zero-order chi connectivity index (χ0) is 17.1. The number of amides is 1. The second-order valence-electron chi connectivity index (χ2n) is 7.14. The van der Waals surface area contributed by atoms with Crippen LogP contribution in [0.5, 0.6) is 0 Å². The highest BCUT2D eigenvalue weighted by Gasteiger charge is 2.28. The Morgan fingerprint density at radius 3 is 2.92 bits per heavy atom. The number of piperidine rings is 1. The van der Waals surface area contributed by atoms with E-state index in [4.69, 9.17) is 0 Å². The molecule has 0 saturated carbocycles. The summed E-state index contributed by atoms with van der Waals surface area (Å²) in [4.78, 5) is 18.5. The third-order valence-electron chi connectivity index (χ3n) is 5.37. The number of nitrogens with zero attached hydrogens (tertiary/aromatic N) is 4. The molecular formula is C19H26N4OS. The van der Waals surface area contributed by atoms with Gasteiger partial charge in [0.2, 0.25) is 5.91 Å². The molecule has 2 aliphatic rings. The minimum Gasteiger partial charge on any atom is -0.334 e. The van der Waals surface area contributed by atoms with Crippen LogP contribution in [0.4, 0.5) is 0 Å². The molecule has 0 unspecified atom stereocenters. The summed E-state index contributed by atoms with van der Waals surface area (Å²) in [5, 5.41) is 6.57. The highest BCUT2D eigenvalue weighted by molar-refractivity contribution is 7.10. The van der Waals surface area contributed by atoms with Gasteiger partial charge in [-0.05, 0) is 49.9 Å². The van der Waals surface area contributed by atoms with Crippen LogP contribution in [0.2, 0.25) is 0 Å². The van der Waals surface area contributed by atoms with E-state index in [-0.39, 0.29) is 5.91 Å². The first-order valence-corrected chi connectivity index (χ1v) is 10.2. The van der Waals surface area contributed by atoms with Crippen molar-refractivity contribution < 1.29 is 4.79 Å². The average molecular weight is 359 g/mol. The fraction of sp³-hybridized carbons (Fsp3) is 0.579. The topological polar surface area (TPSA) is 41.4 Å². The Balaban J connectivity index is 1.41. The summed E-state index contributed by atoms with van der Waals surface area (Å²) in [6, 6.07) is 6.41. The maximum absolute atomic E-state index is 12.7. The third-order valence-corrected chi connectivity index (χ3v) is 6.24. The Kier molecular flexibility index (Phi) is 5.17. The summed E-state index contributed by atoms with van der Waals surface area (Å²) in [6.45, 7) is 5.02. The lowest BCUT2D eigenvalue weighted by Gasteiger charge is -2.35. The van der Waals surface area contributed by atoms with Crippen LogP contribution in [0.3, 0.4) is 0 Å². The first-order valence-electron chi connectivity index (χ1n) is 9.34. The second-order valence-corrected chi connectivity index (χ2v) is 8.17. The molecule has 1 amide bonds. The van der Waals surface area contributed by atoms with Crippen LogP contribution in [0, 0.1) is 0 Å². The molecule has 0 bridgehead atoms. The number of rotatable bonds is 5. The largest absolute Gasteiger partial charge is 0.334 e. The summed E-state index contributed by atoms with van der Waals surface area (Å²) in [5.41, 5.74) is 1.16. The minimum atomic E-state index is 0.234. The molecule has 0 N–H and O–H groups in total. The third kappa shape index (κ3) is 3.96. The monoisotopic (exact) mass is 358 g/mol. The van der Waals surface area contributed by atoms with Crippen molar-refractivity contribution in [1.29, 1.82) is 0 Å². The Hall–Kier alpha value is -1.66. The zero-order valence-electron chi connectivity index (χ0n) is 14.6. The van der Waals surface area contributed by atoms with E-state index in [1.807, 2.05) is 28.6 Å². The molecule has 0 aliphatic carbocycles. The first-order chi connectivity index (χ1) is 12.3. The van der Waals surface area contributed by atoms with E-state index in [9.17, 15) is 4.79 Å². The number of hydrogen-bond acceptors (Lipinski definition) is 4. The zero-order valence-corrected chi connectivity index (χ0v) is 15.5. The van der Waals surface area contributed by atoms with Crippen molar-refractivity contribution in [2.24, 2.45) is 0 Å². The average Bonchev–Trinajstić information content (AvgIpc) is 3.31. The molecule has 1 saturated heterocycles. The molecule has 134 valence electrons. The number of carbonyl (C=O) groups excluding carboxylic acids is 1. The molecule has 0 spiro atoms. The predicted octanol–water partition coefficient (Wildman–Crippen LogP) is 2.95. The molecule has 1 atom stereocenters. The minimum absolute atomic E-state index is 0.234. The van der Waals surface area contributed by atoms with E-state index in [0.717, 1.165) is 30.1 Å². The van der Waals surface area contributed by atoms with Crippen LogP contribution in [0.1, 0.15) is 42.3 Å². The Bertz CT molecular complexity index is 690. The van der Waals surface area contributed by atoms with Crippen LogP contribution < -0.4 is 0 Å². The van der Waals surface area contributed by atoms with Crippen molar-refractivity contribution in [3.8, 4) is 0 Å². The van der Waals surface area contributed by atoms with Gasteiger partial charge in [-0.2, -0.15) is 5.10 Å². The van der Waals surface area contributed by atoms with E-state index in [0.29, 0.717) is 19.0 Å². The number of hydrogen-bond donors (Lipinski definition) is 0. The Labute approximate surface area is 153 Å². The number of thiophene rings is 1. The smallest absolute Gasteiger partial charge is 0.228 e. The van der Waals surface area contributed by atoms with Crippen molar-refractivity contribution in [2.75, 3.05) is 26.2 Å². The van der Waals surface area contributed by atoms with Crippen molar-refractivity contribution >= 4 is 17.2 Å². The fourth-order valence-corrected chi connectivity index (χ4v) is 4.68. The van der Waals surface area contributed by atoms with Crippen LogP contribution >= 0.6 is 11.3 Å². The van der Waals surface area contributed by atoms with Crippen LogP contribution in [-0.2, 0) is 17.8 Å². The molecule has 5 nitrogen and oxygen atoms in total. The van der Waals surface area contributed by atoms with Gasteiger partial charge in [0.05, 0.1) is 24.7 Å². The maximum Gasteiger partial charge on any atom is 0.228 e. The number of likely N-dealkylation sites (tertiary alicyclic amines) is 1. The summed E-state index contributed by atoms with van der Waals surface area (Å²) in [6.07, 6.45) is 7.47. The van der Waals surface area contributed by atoms with Gasteiger partial charge < -0.3 is 9.80 Å². The lowest BCUT2D eigenvalue weighted by molar-refractivity contribution is -0.132. The van der Waals surface area contributed by atoms with Crippen molar-refractivity contribution in [1.82, 2.24) is 19.6 Å². The van der Waals surface area contributed by atoms with Crippen LogP contribution in [0.25, 0.3) is 0 Å². The lowest BCUT2D eigenvalue weighted by atomic mass is 10.1. The maximum atomic E-state index is 12.7. The van der Waals surface area contributed by atoms with Gasteiger partial charge in [0.1, 0.15) is 0 Å². The number of aromatic nitrogens is 2. The summed E-state index contributed by atoms with van der Waals surface area (Å²) in [7, 11) is 0. The van der Waals surface area contributed by atoms with Crippen molar-refractivity contribution in [3.63, 3.8) is 0 Å². The fourth-order valence-electron chi connectivity index (χ4n) is 3.98. The normalized spacial score (nSPS) is 21.3. The highest BCUT2D eigenvalue weighted by atomic mass is 32.1. The summed E-state index contributed by atoms with van der Waals surface area (Å²) >= 11 is 1.66. The SMILES string of the molecule is O=C(Cc1cccs1)N1Cc2ccnn2[C@@H](CCN2CCCCC2)C1. The molecule has 0 aromatic carbocycles. The van der Waals surface area contributed by atoms with Gasteiger partial charge in [-0.3, -0.25) is 9.48 Å². The number of carbonyl (C=O) groups is 1. The van der Waals surface area contributed by atoms with Gasteiger partial charge in [0.25, 0.3) is 0 Å². The first kappa shape index (κ1) is 16.8. The molecule has 2 aromatic heterocycles. The lowest BCUT2D eigenvalue weighted by Crippen LogP contribution is -2.43. The van der Waals surface area contributed by atoms with E-state index in [1.54, 1.807) is 11.3 Å². The summed E-state index contributed by atoms with van der Waals surface area (Å²) in [5.74, 6) is 0.234. The number of fused-ring (bicyclic) bond motifs is 1. The molecule has 0 radical (unpaired) electrons. The molecule has 4 rings (SSSR count). The van der Waals surface area contributed by atoms with Crippen molar-refractivity contribution in [3.05, 3.63) is 40.3 Å². The molecule has 6 heteroatoms. The van der Waals surface area contributed by atoms with E-state index >= 15 is 0 Å². The van der Waals surface area contributed by atoms with Gasteiger partial charge in [0, 0.05) is 24.2 Å². The second kappa shape index (κ2) is 7.70. The standard InChI is InChI=1S/C19H26N4OS/c24-19(13-18-5-4-12-25-18)22-14-16-6-8-20-23(16)17(15-22)7-11-21-9-2-1-3-10-21/h4-6,8,12,17H,1-3,7,9-11,13-15H2/t17-/m0/s1. The van der Waals surface area contributed by atoms with Gasteiger partial charge in [-0.25, -0.2) is 0 Å². The van der Waals surface area contributed by atoms with Crippen LogP contribution in [0.15, 0.2) is 29.8 Å². The van der Waals surface area contributed by atoms with Gasteiger partial charge in [0.15, 0.2) is 0 Å². The van der Waals surface area contributed by atoms with Gasteiger partial charge in [-0.15, -0.1) is 11.3 Å². The molecule has 25 heavy (non-hydrogen) atoms. The van der Waals surface area contributed by atoms with Crippen LogP contribution in [-0.4, -0.2) is 51.7 Å². The van der Waals surface area contributed by atoms with Gasteiger partial charge in [-0.1, -0.05) is 12.5 Å². The summed E-state index contributed by atoms with van der Waals surface area (Å²) < 4.78 is 2.15. The van der Waals surface area contributed by atoms with E-state index in [2.05, 4.69) is 20.7 Å².